The summed E-state index contributed by atoms with van der Waals surface area (Å²) in [5, 5.41) is 1.39. The monoisotopic (exact) mass is 776 g/mol. The Kier molecular flexibility index (Phi) is 9.10. The molecule has 0 aliphatic carbocycles. The second kappa shape index (κ2) is 13.8. The summed E-state index contributed by atoms with van der Waals surface area (Å²) < 4.78 is 77.5. The van der Waals surface area contributed by atoms with E-state index in [2.05, 4.69) is 9.80 Å². The summed E-state index contributed by atoms with van der Waals surface area (Å²) in [6.45, 7) is 9.09. The Morgan fingerprint density at radius 3 is 2.68 bits per heavy atom. The number of fused-ring (bicyclic) bond motifs is 7. The number of carbonyl (C=O) groups is 1. The van der Waals surface area contributed by atoms with Gasteiger partial charge in [0.05, 0.1) is 23.7 Å². The van der Waals surface area contributed by atoms with Crippen LogP contribution in [0.15, 0.2) is 24.3 Å². The van der Waals surface area contributed by atoms with Crippen LogP contribution in [0.3, 0.4) is 0 Å². The van der Waals surface area contributed by atoms with Gasteiger partial charge in [0.25, 0.3) is 0 Å². The molecule has 5 atom stereocenters. The molecule has 2 aromatic carbocycles. The molecule has 15 heteroatoms. The number of pyridine rings is 1. The van der Waals surface area contributed by atoms with Crippen LogP contribution in [-0.2, 0) is 15.9 Å². The Balaban J connectivity index is 1.21. The van der Waals surface area contributed by atoms with E-state index in [1.54, 1.807) is 18.2 Å². The summed E-state index contributed by atoms with van der Waals surface area (Å²) in [7, 11) is 1.50. The predicted octanol–water partition coefficient (Wildman–Crippen LogP) is 6.97. The van der Waals surface area contributed by atoms with Crippen molar-refractivity contribution in [3.8, 4) is 28.9 Å². The van der Waals surface area contributed by atoms with Crippen LogP contribution in [0, 0.1) is 11.6 Å². The highest BCUT2D eigenvalue weighted by Crippen LogP contribution is 2.47. The molecule has 298 valence electrons. The number of nitrogens with zero attached hydrogens (tertiary/aromatic N) is 6. The van der Waals surface area contributed by atoms with E-state index >= 15 is 8.78 Å². The normalized spacial score (nSPS) is 25.6. The molecule has 4 saturated heterocycles. The van der Waals surface area contributed by atoms with Gasteiger partial charge in [0.1, 0.15) is 59.0 Å². The van der Waals surface area contributed by atoms with E-state index in [1.807, 2.05) is 32.6 Å². The summed E-state index contributed by atoms with van der Waals surface area (Å²) in [6, 6.07) is 5.50. The molecule has 5 aliphatic rings. The minimum absolute atomic E-state index is 0.0528. The van der Waals surface area contributed by atoms with Crippen molar-refractivity contribution < 1.29 is 41.7 Å². The molecule has 1 amide bonds. The zero-order chi connectivity index (χ0) is 39.1. The van der Waals surface area contributed by atoms with E-state index in [-0.39, 0.29) is 72.7 Å². The van der Waals surface area contributed by atoms with Gasteiger partial charge in [-0.2, -0.15) is 9.97 Å². The molecule has 4 fully saturated rings. The zero-order valence-corrected chi connectivity index (χ0v) is 32.4. The lowest BCUT2D eigenvalue weighted by atomic mass is 9.94. The number of hydrogen-bond acceptors (Lipinski definition) is 11. The fourth-order valence-electron chi connectivity index (χ4n) is 9.78. The molecule has 56 heavy (non-hydrogen) atoms. The van der Waals surface area contributed by atoms with Gasteiger partial charge in [-0.1, -0.05) is 13.0 Å². The molecule has 0 unspecified atom stereocenters. The Morgan fingerprint density at radius 2 is 1.89 bits per heavy atom. The van der Waals surface area contributed by atoms with Gasteiger partial charge in [-0.05, 0) is 94.0 Å². The first-order valence-corrected chi connectivity index (χ1v) is 19.6. The van der Waals surface area contributed by atoms with Crippen molar-refractivity contribution in [1.29, 1.82) is 0 Å². The predicted molar refractivity (Wildman–Crippen MR) is 202 cm³/mol. The van der Waals surface area contributed by atoms with E-state index in [9.17, 15) is 9.18 Å². The van der Waals surface area contributed by atoms with Crippen molar-refractivity contribution in [3.63, 3.8) is 0 Å². The average molecular weight is 777 g/mol. The number of benzene rings is 2. The molecular formula is C41H47F3N6O6. The molecule has 7 heterocycles. The topological polar surface area (TPSA) is 112 Å². The number of halogens is 3. The Labute approximate surface area is 323 Å². The molecular weight excluding hydrogens is 729 g/mol. The van der Waals surface area contributed by atoms with Crippen molar-refractivity contribution in [2.24, 2.45) is 0 Å². The van der Waals surface area contributed by atoms with Crippen LogP contribution in [-0.4, -0.2) is 113 Å². The Bertz CT molecular complexity index is 2220. The lowest BCUT2D eigenvalue weighted by molar-refractivity contribution is 0.00537. The first kappa shape index (κ1) is 37.0. The molecule has 0 saturated carbocycles. The highest BCUT2D eigenvalue weighted by Gasteiger charge is 2.52. The average Bonchev–Trinajstić information content (AvgIpc) is 3.76. The largest absolute Gasteiger partial charge is 0.475 e. The molecule has 0 radical (unpaired) electrons. The first-order chi connectivity index (χ1) is 26.9. The van der Waals surface area contributed by atoms with E-state index < -0.39 is 28.9 Å². The number of rotatable bonds is 8. The number of amides is 1. The fourth-order valence-corrected chi connectivity index (χ4v) is 9.78. The number of methoxy groups -OCH3 is 1. The third-order valence-electron chi connectivity index (χ3n) is 12.1. The van der Waals surface area contributed by atoms with Crippen LogP contribution in [0.2, 0.25) is 0 Å². The smallest absolute Gasteiger partial charge is 0.410 e. The minimum Gasteiger partial charge on any atom is -0.475 e. The number of aromatic nitrogens is 3. The molecule has 4 aromatic rings. The summed E-state index contributed by atoms with van der Waals surface area (Å²) >= 11 is 0. The standard InChI is InChI=1S/C41H47F3N6O6/c1-6-26-28(43)10-8-22-14-25(55-21-52-5)15-27(31(22)26)34-33(44)35-32-36(47-38(46-35)54-20-41-12-7-13-48(41)17-23(42)16-41)49-18-24-9-11-29(30(49)19-53-37(32)45-34)50(24)39(51)56-40(2,3)4/h8,10,14-15,23-24,29-30H,6-7,9,11-13,16-21H2,1-5H3/t23-,24-,29+,30+,41-/m0/s1. The summed E-state index contributed by atoms with van der Waals surface area (Å²) in [5.41, 5.74) is -0.665. The number of anilines is 1. The number of hydrogen-bond donors (Lipinski definition) is 0. The van der Waals surface area contributed by atoms with Crippen molar-refractivity contribution in [2.45, 2.75) is 102 Å². The molecule has 2 bridgehead atoms. The van der Waals surface area contributed by atoms with Crippen LogP contribution < -0.4 is 19.1 Å². The van der Waals surface area contributed by atoms with Gasteiger partial charge < -0.3 is 28.6 Å². The SMILES string of the molecule is CCc1c(F)ccc2cc(OCOC)cc(-c3nc4c5c(nc(OC[C@@]67CCCN6C[C@@H](F)C7)nc5c3F)N3C[C@@H]5CC[C@H]([C@H]3CO4)N5C(=O)OC(C)(C)C)c12. The number of piperazine rings is 1. The Morgan fingerprint density at radius 1 is 1.05 bits per heavy atom. The first-order valence-electron chi connectivity index (χ1n) is 19.6. The van der Waals surface area contributed by atoms with Gasteiger partial charge in [0, 0.05) is 32.2 Å². The molecule has 12 nitrogen and oxygen atoms in total. The number of alkyl halides is 1. The summed E-state index contributed by atoms with van der Waals surface area (Å²) in [4.78, 5) is 34.1. The fraction of sp³-hybridized carbons (Fsp3) is 0.561. The van der Waals surface area contributed by atoms with Gasteiger partial charge in [-0.25, -0.2) is 22.9 Å². The van der Waals surface area contributed by atoms with E-state index in [1.165, 1.54) is 13.2 Å². The maximum absolute atomic E-state index is 17.6. The highest BCUT2D eigenvalue weighted by molar-refractivity contribution is 6.03. The maximum atomic E-state index is 17.6. The maximum Gasteiger partial charge on any atom is 0.410 e. The molecule has 0 N–H and O–H groups in total. The van der Waals surface area contributed by atoms with Crippen LogP contribution in [0.5, 0.6) is 17.6 Å². The Hall–Kier alpha value is -4.63. The van der Waals surface area contributed by atoms with Gasteiger partial charge in [0.2, 0.25) is 5.88 Å². The van der Waals surface area contributed by atoms with Gasteiger partial charge in [0.15, 0.2) is 12.6 Å². The van der Waals surface area contributed by atoms with Gasteiger partial charge in [-0.3, -0.25) is 9.80 Å². The lowest BCUT2D eigenvalue weighted by Gasteiger charge is -2.46. The van der Waals surface area contributed by atoms with Crippen molar-refractivity contribution in [2.75, 3.05) is 51.7 Å². The molecule has 9 rings (SSSR count). The van der Waals surface area contributed by atoms with Crippen molar-refractivity contribution in [3.05, 3.63) is 41.5 Å². The molecule has 2 aromatic heterocycles. The number of carbonyl (C=O) groups excluding carboxylic acids is 1. The second-order valence-electron chi connectivity index (χ2n) is 16.7. The third kappa shape index (κ3) is 6.12. The highest BCUT2D eigenvalue weighted by atomic mass is 19.1. The van der Waals surface area contributed by atoms with Crippen LogP contribution >= 0.6 is 0 Å². The van der Waals surface area contributed by atoms with Crippen LogP contribution in [0.25, 0.3) is 32.9 Å². The van der Waals surface area contributed by atoms with Gasteiger partial charge in [-0.15, -0.1) is 0 Å². The van der Waals surface area contributed by atoms with Crippen molar-refractivity contribution in [1.82, 2.24) is 24.8 Å². The quantitative estimate of drug-likeness (QED) is 0.173. The molecule has 0 spiro atoms. The summed E-state index contributed by atoms with van der Waals surface area (Å²) in [6.07, 6.45) is 2.50. The number of ether oxygens (including phenoxy) is 5. The van der Waals surface area contributed by atoms with E-state index in [0.717, 1.165) is 25.8 Å². The lowest BCUT2D eigenvalue weighted by Crippen LogP contribution is -2.63. The number of aryl methyl sites for hydroxylation is 1. The van der Waals surface area contributed by atoms with Crippen LogP contribution in [0.1, 0.15) is 65.4 Å². The van der Waals surface area contributed by atoms with Crippen LogP contribution in [0.4, 0.5) is 23.8 Å². The third-order valence-corrected chi connectivity index (χ3v) is 12.1. The molecule has 5 aliphatic heterocycles. The zero-order valence-electron chi connectivity index (χ0n) is 32.4. The van der Waals surface area contributed by atoms with Crippen molar-refractivity contribution >= 4 is 33.6 Å². The van der Waals surface area contributed by atoms with E-state index in [0.29, 0.717) is 65.8 Å². The van der Waals surface area contributed by atoms with E-state index in [4.69, 9.17) is 38.6 Å². The summed E-state index contributed by atoms with van der Waals surface area (Å²) in [5.74, 6) is -0.320. The van der Waals surface area contributed by atoms with Gasteiger partial charge >= 0.3 is 12.1 Å². The minimum atomic E-state index is -0.958. The second-order valence-corrected chi connectivity index (χ2v) is 16.7.